The molecule has 0 atom stereocenters. The number of carbonyl (C=O) groups is 1. The highest BCUT2D eigenvalue weighted by Crippen LogP contribution is 2.15. The molecule has 0 saturated heterocycles. The molecule has 0 saturated carbocycles. The summed E-state index contributed by atoms with van der Waals surface area (Å²) in [4.78, 5) is 14.3. The quantitative estimate of drug-likeness (QED) is 0.799. The van der Waals surface area contributed by atoms with Gasteiger partial charge in [-0.3, -0.25) is 0 Å². The topological polar surface area (TPSA) is 108 Å². The summed E-state index contributed by atoms with van der Waals surface area (Å²) in [5.74, 6) is -1.18. The van der Waals surface area contributed by atoms with Gasteiger partial charge in [0, 0.05) is 19.8 Å². The number of carboxylic acids is 1. The van der Waals surface area contributed by atoms with Crippen LogP contribution in [0.3, 0.4) is 0 Å². The van der Waals surface area contributed by atoms with Crippen molar-refractivity contribution in [1.29, 1.82) is 0 Å². The predicted molar refractivity (Wildman–Crippen MR) is 67.3 cm³/mol. The third-order valence-electron chi connectivity index (χ3n) is 2.27. The molecule has 0 aromatic carbocycles. The first kappa shape index (κ1) is 15.5. The van der Waals surface area contributed by atoms with Gasteiger partial charge in [0.25, 0.3) is 10.0 Å². The molecule has 19 heavy (non-hydrogen) atoms. The fourth-order valence-corrected chi connectivity index (χ4v) is 2.68. The average molecular weight is 288 g/mol. The molecule has 0 fully saturated rings. The summed E-state index contributed by atoms with van der Waals surface area (Å²) in [6.45, 7) is 2.87. The molecule has 0 aliphatic heterocycles. The van der Waals surface area contributed by atoms with Gasteiger partial charge in [-0.25, -0.2) is 18.2 Å². The van der Waals surface area contributed by atoms with Crippen molar-refractivity contribution in [2.75, 3.05) is 13.6 Å². The molecule has 7 nitrogen and oxygen atoms in total. The lowest BCUT2D eigenvalue weighted by Crippen LogP contribution is -2.39. The Morgan fingerprint density at radius 2 is 2.00 bits per heavy atom. The van der Waals surface area contributed by atoms with E-state index < -0.39 is 21.6 Å². The van der Waals surface area contributed by atoms with E-state index in [0.29, 0.717) is 0 Å². The maximum Gasteiger partial charge on any atom is 0.337 e. The van der Waals surface area contributed by atoms with E-state index in [-0.39, 0.29) is 17.1 Å². The summed E-state index contributed by atoms with van der Waals surface area (Å²) in [7, 11) is -2.53. The molecule has 2 N–H and O–H groups in total. The minimum atomic E-state index is -3.85. The van der Waals surface area contributed by atoms with Crippen molar-refractivity contribution in [2.45, 2.75) is 24.5 Å². The van der Waals surface area contributed by atoms with Crippen LogP contribution in [0.1, 0.15) is 24.2 Å². The minimum absolute atomic E-state index is 0.0934. The van der Waals surface area contributed by atoms with Gasteiger partial charge in [0.2, 0.25) is 0 Å². The van der Waals surface area contributed by atoms with Crippen molar-refractivity contribution >= 4 is 16.0 Å². The normalized spacial score (nSPS) is 12.7. The molecule has 0 aliphatic rings. The van der Waals surface area contributed by atoms with Crippen LogP contribution in [0.4, 0.5) is 0 Å². The second-order valence-electron chi connectivity index (χ2n) is 4.76. The Kier molecular flexibility index (Phi) is 4.28. The van der Waals surface area contributed by atoms with Crippen LogP contribution in [-0.4, -0.2) is 53.1 Å². The van der Waals surface area contributed by atoms with Crippen LogP contribution in [0.2, 0.25) is 0 Å². The number of likely N-dealkylation sites (N-methyl/N-ethyl adjacent to an activating group) is 1. The summed E-state index contributed by atoms with van der Waals surface area (Å²) >= 11 is 0. The number of rotatable bonds is 5. The molecule has 0 unspecified atom stereocenters. The highest BCUT2D eigenvalue weighted by atomic mass is 32.2. The average Bonchev–Trinajstić information content (AvgIpc) is 2.26. The van der Waals surface area contributed by atoms with Gasteiger partial charge in [0.15, 0.2) is 5.03 Å². The zero-order valence-corrected chi connectivity index (χ0v) is 11.7. The van der Waals surface area contributed by atoms with E-state index in [0.717, 1.165) is 16.6 Å². The first-order valence-electron chi connectivity index (χ1n) is 5.42. The smallest absolute Gasteiger partial charge is 0.337 e. The third-order valence-corrected chi connectivity index (χ3v) is 3.99. The number of sulfonamides is 1. The van der Waals surface area contributed by atoms with Crippen LogP contribution in [-0.2, 0) is 10.0 Å². The number of aliphatic hydroxyl groups is 1. The molecular formula is C11H16N2O5S. The second kappa shape index (κ2) is 5.24. The molecule has 106 valence electrons. The van der Waals surface area contributed by atoms with E-state index in [1.54, 1.807) is 0 Å². The van der Waals surface area contributed by atoms with Crippen molar-refractivity contribution < 1.29 is 23.4 Å². The molecule has 1 rings (SSSR count). The van der Waals surface area contributed by atoms with Crippen LogP contribution < -0.4 is 0 Å². The SMILES string of the molecule is CN(CC(C)(C)O)S(=O)(=O)c1ccc(C(=O)O)cn1. The van der Waals surface area contributed by atoms with Gasteiger partial charge < -0.3 is 10.2 Å². The fraction of sp³-hybridized carbons (Fsp3) is 0.455. The zero-order valence-electron chi connectivity index (χ0n) is 10.9. The highest BCUT2D eigenvalue weighted by molar-refractivity contribution is 7.89. The lowest BCUT2D eigenvalue weighted by Gasteiger charge is -2.24. The largest absolute Gasteiger partial charge is 0.478 e. The van der Waals surface area contributed by atoms with Gasteiger partial charge in [-0.1, -0.05) is 0 Å². The summed E-state index contributed by atoms with van der Waals surface area (Å²) in [5, 5.41) is 18.1. The van der Waals surface area contributed by atoms with Crippen LogP contribution in [0, 0.1) is 0 Å². The summed E-state index contributed by atoms with van der Waals surface area (Å²) in [6, 6.07) is 2.29. The Balaban J connectivity index is 3.03. The maximum atomic E-state index is 12.1. The Morgan fingerprint density at radius 3 is 2.37 bits per heavy atom. The summed E-state index contributed by atoms with van der Waals surface area (Å²) < 4.78 is 25.2. The molecule has 0 aliphatic carbocycles. The first-order valence-corrected chi connectivity index (χ1v) is 6.86. The van der Waals surface area contributed by atoms with Crippen LogP contribution in [0.5, 0.6) is 0 Å². The second-order valence-corrected chi connectivity index (χ2v) is 6.76. The van der Waals surface area contributed by atoms with Crippen molar-refractivity contribution in [3.8, 4) is 0 Å². The summed E-state index contributed by atoms with van der Waals surface area (Å²) in [6.07, 6.45) is 0.979. The van der Waals surface area contributed by atoms with E-state index in [4.69, 9.17) is 5.11 Å². The minimum Gasteiger partial charge on any atom is -0.478 e. The van der Waals surface area contributed by atoms with Crippen molar-refractivity contribution in [1.82, 2.24) is 9.29 Å². The lowest BCUT2D eigenvalue weighted by molar-refractivity contribution is 0.0639. The van der Waals surface area contributed by atoms with Crippen LogP contribution in [0.25, 0.3) is 0 Å². The number of hydrogen-bond acceptors (Lipinski definition) is 5. The highest BCUT2D eigenvalue weighted by Gasteiger charge is 2.27. The molecule has 0 amide bonds. The number of aromatic carboxylic acids is 1. The Bertz CT molecular complexity index is 560. The standard InChI is InChI=1S/C11H16N2O5S/c1-11(2,16)7-13(3)19(17,18)9-5-4-8(6-12-9)10(14)15/h4-6,16H,7H2,1-3H3,(H,14,15). The number of carboxylic acid groups (broad SMARTS) is 1. The molecule has 0 spiro atoms. The predicted octanol–water partition coefficient (Wildman–Crippen LogP) is 0.171. The van der Waals surface area contributed by atoms with Crippen LogP contribution >= 0.6 is 0 Å². The van der Waals surface area contributed by atoms with E-state index in [9.17, 15) is 18.3 Å². The molecule has 1 heterocycles. The molecule has 0 bridgehead atoms. The Labute approximate surface area is 111 Å². The number of pyridine rings is 1. The molecule has 1 aromatic heterocycles. The number of hydrogen-bond donors (Lipinski definition) is 2. The molecule has 8 heteroatoms. The van der Waals surface area contributed by atoms with Crippen LogP contribution in [0.15, 0.2) is 23.4 Å². The monoisotopic (exact) mass is 288 g/mol. The Morgan fingerprint density at radius 1 is 1.42 bits per heavy atom. The van der Waals surface area contributed by atoms with Gasteiger partial charge in [-0.15, -0.1) is 0 Å². The zero-order chi connectivity index (χ0) is 14.8. The molecular weight excluding hydrogens is 272 g/mol. The van der Waals surface area contributed by atoms with Gasteiger partial charge in [0.05, 0.1) is 11.2 Å². The van der Waals surface area contributed by atoms with Crippen molar-refractivity contribution in [3.63, 3.8) is 0 Å². The first-order chi connectivity index (χ1) is 8.54. The van der Waals surface area contributed by atoms with E-state index in [1.807, 2.05) is 0 Å². The third kappa shape index (κ3) is 3.98. The summed E-state index contributed by atoms with van der Waals surface area (Å²) in [5.41, 5.74) is -1.27. The maximum absolute atomic E-state index is 12.1. The van der Waals surface area contributed by atoms with Crippen molar-refractivity contribution in [2.24, 2.45) is 0 Å². The van der Waals surface area contributed by atoms with Gasteiger partial charge in [-0.05, 0) is 26.0 Å². The van der Waals surface area contributed by atoms with E-state index in [2.05, 4.69) is 4.98 Å². The van der Waals surface area contributed by atoms with Gasteiger partial charge in [0.1, 0.15) is 0 Å². The van der Waals surface area contributed by atoms with Crippen molar-refractivity contribution in [3.05, 3.63) is 23.9 Å². The van der Waals surface area contributed by atoms with E-state index >= 15 is 0 Å². The fourth-order valence-electron chi connectivity index (χ4n) is 1.45. The van der Waals surface area contributed by atoms with E-state index in [1.165, 1.54) is 27.0 Å². The van der Waals surface area contributed by atoms with Gasteiger partial charge >= 0.3 is 5.97 Å². The Hall–Kier alpha value is -1.51. The lowest BCUT2D eigenvalue weighted by atomic mass is 10.1. The van der Waals surface area contributed by atoms with Gasteiger partial charge in [-0.2, -0.15) is 4.31 Å². The molecule has 0 radical (unpaired) electrons. The number of aromatic nitrogens is 1. The molecule has 1 aromatic rings. The number of nitrogens with zero attached hydrogens (tertiary/aromatic N) is 2.